The Morgan fingerprint density at radius 2 is 1.87 bits per heavy atom. The second-order valence-corrected chi connectivity index (χ2v) is 9.20. The van der Waals surface area contributed by atoms with Gasteiger partial charge in [0.2, 0.25) is 19.7 Å². The van der Waals surface area contributed by atoms with E-state index in [1.807, 2.05) is 6.92 Å². The Morgan fingerprint density at radius 1 is 1.26 bits per heavy atom. The highest BCUT2D eigenvalue weighted by atomic mass is 32.3. The summed E-state index contributed by atoms with van der Waals surface area (Å²) in [5.74, 6) is 0. The molecule has 0 saturated carbocycles. The normalized spacial score (nSPS) is 16.8. The van der Waals surface area contributed by atoms with Gasteiger partial charge in [-0.05, 0) is 48.5 Å². The van der Waals surface area contributed by atoms with Crippen molar-refractivity contribution in [2.45, 2.75) is 41.5 Å². The van der Waals surface area contributed by atoms with Crippen molar-refractivity contribution in [3.63, 3.8) is 0 Å². The van der Waals surface area contributed by atoms with Gasteiger partial charge in [0.05, 0.1) is 0 Å². The Balaban J connectivity index is 5.29. The quantitative estimate of drug-likeness (QED) is 0.279. The second-order valence-electron chi connectivity index (χ2n) is 4.68. The smallest absolute Gasteiger partial charge is 0.275 e. The van der Waals surface area contributed by atoms with Crippen molar-refractivity contribution in [3.8, 4) is 0 Å². The summed E-state index contributed by atoms with van der Waals surface area (Å²) in [6, 6.07) is 0. The minimum Gasteiger partial charge on any atom is -0.614 e. The van der Waals surface area contributed by atoms with Crippen molar-refractivity contribution in [1.29, 1.82) is 0 Å². The molecule has 4 atom stereocenters. The fourth-order valence-corrected chi connectivity index (χ4v) is 5.84. The number of unbranched alkanes of at least 4 members (excludes halogenated alkanes) is 2. The van der Waals surface area contributed by atoms with E-state index in [0.29, 0.717) is 6.42 Å². The zero-order valence-electron chi connectivity index (χ0n) is 13.2. The van der Waals surface area contributed by atoms with Crippen LogP contribution in [0.4, 0.5) is 0 Å². The van der Waals surface area contributed by atoms with Crippen LogP contribution < -0.4 is 0 Å². The summed E-state index contributed by atoms with van der Waals surface area (Å²) < 4.78 is 41.5. The lowest BCUT2D eigenvalue weighted by atomic mass is 10.3. The van der Waals surface area contributed by atoms with Crippen LogP contribution in [0.5, 0.6) is 0 Å². The SMILES string of the molecule is C=CC(C(=O)[S])[S+]([O-])C(C=C)S(=O)(=O)C(C=C)OCCCCC. The highest BCUT2D eigenvalue weighted by Crippen LogP contribution is 2.24. The Morgan fingerprint density at radius 3 is 2.26 bits per heavy atom. The van der Waals surface area contributed by atoms with Gasteiger partial charge in [-0.25, -0.2) is 8.42 Å². The third-order valence-corrected chi connectivity index (χ3v) is 8.14. The third kappa shape index (κ3) is 6.39. The van der Waals surface area contributed by atoms with E-state index in [1.54, 1.807) is 0 Å². The molecule has 0 fully saturated rings. The zero-order valence-corrected chi connectivity index (χ0v) is 15.6. The largest absolute Gasteiger partial charge is 0.614 e. The van der Waals surface area contributed by atoms with E-state index in [1.165, 1.54) is 0 Å². The zero-order chi connectivity index (χ0) is 18.0. The predicted molar refractivity (Wildman–Crippen MR) is 97.1 cm³/mol. The van der Waals surface area contributed by atoms with Crippen LogP contribution in [0.2, 0.25) is 0 Å². The maximum Gasteiger partial charge on any atom is 0.275 e. The van der Waals surface area contributed by atoms with Crippen molar-refractivity contribution in [3.05, 3.63) is 38.0 Å². The van der Waals surface area contributed by atoms with Crippen LogP contribution in [0.15, 0.2) is 38.0 Å². The molecule has 0 rings (SSSR count). The third-order valence-electron chi connectivity index (χ3n) is 2.99. The molecular weight excluding hydrogens is 356 g/mol. The Hall–Kier alpha value is -0.670. The van der Waals surface area contributed by atoms with Crippen molar-refractivity contribution < 1.29 is 22.5 Å². The van der Waals surface area contributed by atoms with Crippen LogP contribution in [0.3, 0.4) is 0 Å². The standard InChI is InChI=1S/C15H23O5S3/c1-5-9-10-11-20-13(7-3)23(18,19)14(8-4)22(17)12(6-2)15(16)21/h6-8,12-14H,2-5,9-11H2,1H3. The maximum absolute atomic E-state index is 12.6. The lowest BCUT2D eigenvalue weighted by Crippen LogP contribution is -2.42. The van der Waals surface area contributed by atoms with E-state index in [2.05, 4.69) is 32.4 Å². The molecule has 8 heteroatoms. The number of carbonyl (C=O) groups is 1. The minimum atomic E-state index is -4.04. The van der Waals surface area contributed by atoms with Crippen molar-refractivity contribution in [2.75, 3.05) is 6.61 Å². The molecule has 0 aromatic heterocycles. The van der Waals surface area contributed by atoms with E-state index in [0.717, 1.165) is 31.1 Å². The molecule has 0 aliphatic heterocycles. The van der Waals surface area contributed by atoms with E-state index < -0.39 is 41.4 Å². The first-order chi connectivity index (χ1) is 10.8. The fraction of sp³-hybridized carbons (Fsp3) is 0.533. The van der Waals surface area contributed by atoms with Crippen LogP contribution in [-0.4, -0.2) is 40.0 Å². The number of ether oxygens (including phenoxy) is 1. The van der Waals surface area contributed by atoms with Gasteiger partial charge in [0.25, 0.3) is 5.12 Å². The molecule has 0 saturated heterocycles. The van der Waals surface area contributed by atoms with Gasteiger partial charge in [0.1, 0.15) is 0 Å². The topological polar surface area (TPSA) is 83.5 Å². The number of hydrogen-bond acceptors (Lipinski definition) is 5. The molecule has 1 radical (unpaired) electrons. The first kappa shape index (κ1) is 22.3. The van der Waals surface area contributed by atoms with E-state index in [9.17, 15) is 17.8 Å². The fourth-order valence-electron chi connectivity index (χ4n) is 1.77. The lowest BCUT2D eigenvalue weighted by molar-refractivity contribution is -0.109. The molecule has 131 valence electrons. The van der Waals surface area contributed by atoms with Crippen molar-refractivity contribution >= 4 is 38.8 Å². The van der Waals surface area contributed by atoms with Crippen LogP contribution >= 0.6 is 12.6 Å². The first-order valence-electron chi connectivity index (χ1n) is 7.10. The summed E-state index contributed by atoms with van der Waals surface area (Å²) in [6.45, 7) is 12.5. The predicted octanol–water partition coefficient (Wildman–Crippen LogP) is 2.66. The molecule has 0 aromatic rings. The van der Waals surface area contributed by atoms with Gasteiger partial charge >= 0.3 is 0 Å². The van der Waals surface area contributed by atoms with E-state index in [-0.39, 0.29) is 6.61 Å². The van der Waals surface area contributed by atoms with Gasteiger partial charge in [-0.2, -0.15) is 0 Å². The summed E-state index contributed by atoms with van der Waals surface area (Å²) in [5.41, 5.74) is -1.32. The molecule has 0 bridgehead atoms. The summed E-state index contributed by atoms with van der Waals surface area (Å²) in [4.78, 5) is 11.3. The lowest BCUT2D eigenvalue weighted by Gasteiger charge is -2.25. The molecule has 0 aliphatic carbocycles. The van der Waals surface area contributed by atoms with Crippen LogP contribution in [0.1, 0.15) is 26.2 Å². The van der Waals surface area contributed by atoms with Gasteiger partial charge in [-0.1, -0.05) is 39.5 Å². The van der Waals surface area contributed by atoms with Crippen LogP contribution in [-0.2, 0) is 30.5 Å². The highest BCUT2D eigenvalue weighted by Gasteiger charge is 2.43. The Kier molecular flexibility index (Phi) is 10.7. The molecule has 23 heavy (non-hydrogen) atoms. The van der Waals surface area contributed by atoms with Crippen molar-refractivity contribution in [2.24, 2.45) is 0 Å². The highest BCUT2D eigenvalue weighted by molar-refractivity contribution is 8.11. The second kappa shape index (κ2) is 11.0. The first-order valence-corrected chi connectivity index (χ1v) is 10.4. The van der Waals surface area contributed by atoms with Gasteiger partial charge < -0.3 is 9.29 Å². The van der Waals surface area contributed by atoms with Gasteiger partial charge in [-0.3, -0.25) is 4.79 Å². The van der Waals surface area contributed by atoms with Gasteiger partial charge in [0.15, 0.2) is 5.44 Å². The van der Waals surface area contributed by atoms with Gasteiger partial charge in [0, 0.05) is 6.61 Å². The summed E-state index contributed by atoms with van der Waals surface area (Å²) in [7, 11) is -4.04. The average molecular weight is 380 g/mol. The summed E-state index contributed by atoms with van der Waals surface area (Å²) >= 11 is 2.34. The molecule has 0 aromatic carbocycles. The summed E-state index contributed by atoms with van der Waals surface area (Å²) in [5, 5.41) is -2.09. The van der Waals surface area contributed by atoms with Crippen LogP contribution in [0.25, 0.3) is 0 Å². The number of carbonyl (C=O) groups excluding carboxylic acids is 1. The van der Waals surface area contributed by atoms with Gasteiger partial charge in [-0.15, -0.1) is 0 Å². The molecule has 0 spiro atoms. The molecular formula is C15H23O5S3. The molecule has 5 nitrogen and oxygen atoms in total. The maximum atomic E-state index is 12.6. The molecule has 0 aliphatic rings. The molecule has 0 amide bonds. The number of rotatable bonds is 13. The monoisotopic (exact) mass is 379 g/mol. The Labute approximate surface area is 147 Å². The van der Waals surface area contributed by atoms with E-state index in [4.69, 9.17) is 4.74 Å². The molecule has 0 N–H and O–H groups in total. The number of hydrogen-bond donors (Lipinski definition) is 0. The van der Waals surface area contributed by atoms with Crippen molar-refractivity contribution in [1.82, 2.24) is 0 Å². The summed E-state index contributed by atoms with van der Waals surface area (Å²) in [6.07, 6.45) is 5.82. The average Bonchev–Trinajstić information content (AvgIpc) is 2.47. The molecule has 4 unspecified atom stereocenters. The molecule has 0 heterocycles. The minimum absolute atomic E-state index is 0.241. The van der Waals surface area contributed by atoms with E-state index >= 15 is 0 Å². The Bertz CT molecular complexity index is 515. The van der Waals surface area contributed by atoms with Crippen LogP contribution in [0, 0.1) is 0 Å². The number of sulfone groups is 1.